The lowest BCUT2D eigenvalue weighted by Gasteiger charge is -2.11. The van der Waals surface area contributed by atoms with Crippen LogP contribution < -0.4 is 10.1 Å². The number of rotatable bonds is 6. The van der Waals surface area contributed by atoms with Crippen molar-refractivity contribution < 1.29 is 4.74 Å². The van der Waals surface area contributed by atoms with Crippen LogP contribution in [0, 0.1) is 0 Å². The first-order valence-corrected chi connectivity index (χ1v) is 6.15. The largest absolute Gasteiger partial charge is 0.497 e. The van der Waals surface area contributed by atoms with Gasteiger partial charge in [0.15, 0.2) is 0 Å². The average molecular weight is 245 g/mol. The van der Waals surface area contributed by atoms with Crippen LogP contribution in [0.25, 0.3) is 0 Å². The summed E-state index contributed by atoms with van der Waals surface area (Å²) in [7, 11) is 1.68. The number of hydrogen-bond donors (Lipinski definition) is 2. The third-order valence-electron chi connectivity index (χ3n) is 3.01. The highest BCUT2D eigenvalue weighted by atomic mass is 16.5. The molecule has 0 amide bonds. The van der Waals surface area contributed by atoms with Crippen LogP contribution in [0.2, 0.25) is 0 Å². The lowest BCUT2D eigenvalue weighted by atomic mass is 10.1. The summed E-state index contributed by atoms with van der Waals surface area (Å²) in [5.41, 5.74) is 2.42. The standard InChI is InChI=1S/C14H19N3O/c1-11(14-8-10-16-17-14)15-9-7-12-3-5-13(18-2)6-4-12/h3-6,8,10-11,15H,7,9H2,1-2H3,(H,16,17). The zero-order valence-corrected chi connectivity index (χ0v) is 10.8. The molecule has 0 aliphatic carbocycles. The summed E-state index contributed by atoms with van der Waals surface area (Å²) >= 11 is 0. The number of aromatic amines is 1. The van der Waals surface area contributed by atoms with Gasteiger partial charge >= 0.3 is 0 Å². The Hall–Kier alpha value is -1.81. The minimum Gasteiger partial charge on any atom is -0.497 e. The van der Waals surface area contributed by atoms with Crippen LogP contribution in [0.15, 0.2) is 36.5 Å². The van der Waals surface area contributed by atoms with Crippen LogP contribution in [0.5, 0.6) is 5.75 Å². The molecule has 2 rings (SSSR count). The number of hydrogen-bond acceptors (Lipinski definition) is 3. The van der Waals surface area contributed by atoms with Crippen molar-refractivity contribution in [3.05, 3.63) is 47.8 Å². The van der Waals surface area contributed by atoms with Crippen LogP contribution in [0.4, 0.5) is 0 Å². The molecule has 0 fully saturated rings. The fourth-order valence-corrected chi connectivity index (χ4v) is 1.84. The molecule has 0 radical (unpaired) electrons. The summed E-state index contributed by atoms with van der Waals surface area (Å²) in [6, 6.07) is 10.5. The minimum absolute atomic E-state index is 0.297. The Labute approximate surface area is 107 Å². The molecule has 1 aromatic carbocycles. The maximum atomic E-state index is 5.13. The molecule has 4 heteroatoms. The van der Waals surface area contributed by atoms with Crippen molar-refractivity contribution in [2.75, 3.05) is 13.7 Å². The van der Waals surface area contributed by atoms with Crippen LogP contribution in [-0.4, -0.2) is 23.9 Å². The van der Waals surface area contributed by atoms with Gasteiger partial charge in [-0.25, -0.2) is 0 Å². The number of nitrogens with one attached hydrogen (secondary N) is 2. The van der Waals surface area contributed by atoms with Gasteiger partial charge in [0.25, 0.3) is 0 Å². The van der Waals surface area contributed by atoms with Gasteiger partial charge in [-0.05, 0) is 43.7 Å². The number of benzene rings is 1. The van der Waals surface area contributed by atoms with E-state index < -0.39 is 0 Å². The Morgan fingerprint density at radius 1 is 1.28 bits per heavy atom. The molecule has 1 heterocycles. The Bertz CT molecular complexity index is 450. The second kappa shape index (κ2) is 6.21. The molecule has 1 atom stereocenters. The second-order valence-electron chi connectivity index (χ2n) is 4.29. The van der Waals surface area contributed by atoms with E-state index in [-0.39, 0.29) is 0 Å². The number of aromatic nitrogens is 2. The molecule has 0 saturated carbocycles. The van der Waals surface area contributed by atoms with Gasteiger partial charge in [-0.3, -0.25) is 5.10 Å². The van der Waals surface area contributed by atoms with Gasteiger partial charge in [-0.15, -0.1) is 0 Å². The molecule has 4 nitrogen and oxygen atoms in total. The fourth-order valence-electron chi connectivity index (χ4n) is 1.84. The van der Waals surface area contributed by atoms with Crippen LogP contribution in [-0.2, 0) is 6.42 Å². The summed E-state index contributed by atoms with van der Waals surface area (Å²) in [6.07, 6.45) is 2.78. The number of H-pyrrole nitrogens is 1. The molecule has 0 saturated heterocycles. The third-order valence-corrected chi connectivity index (χ3v) is 3.01. The molecule has 96 valence electrons. The van der Waals surface area contributed by atoms with E-state index in [1.165, 1.54) is 5.56 Å². The summed E-state index contributed by atoms with van der Waals surface area (Å²) in [5.74, 6) is 0.900. The van der Waals surface area contributed by atoms with E-state index in [1.807, 2.05) is 18.2 Å². The van der Waals surface area contributed by atoms with Gasteiger partial charge < -0.3 is 10.1 Å². The van der Waals surface area contributed by atoms with Crippen molar-refractivity contribution in [2.45, 2.75) is 19.4 Å². The van der Waals surface area contributed by atoms with E-state index in [0.717, 1.165) is 24.4 Å². The topological polar surface area (TPSA) is 49.9 Å². The molecule has 18 heavy (non-hydrogen) atoms. The summed E-state index contributed by atoms with van der Waals surface area (Å²) in [6.45, 7) is 3.06. The lowest BCUT2D eigenvalue weighted by Crippen LogP contribution is -2.21. The maximum absolute atomic E-state index is 5.13. The Balaban J connectivity index is 1.77. The van der Waals surface area contributed by atoms with E-state index in [0.29, 0.717) is 6.04 Å². The molecule has 1 unspecified atom stereocenters. The maximum Gasteiger partial charge on any atom is 0.118 e. The lowest BCUT2D eigenvalue weighted by molar-refractivity contribution is 0.414. The van der Waals surface area contributed by atoms with Gasteiger partial charge in [0.05, 0.1) is 12.8 Å². The highest BCUT2D eigenvalue weighted by Gasteiger charge is 2.04. The molecule has 0 spiro atoms. The third kappa shape index (κ3) is 3.34. The first-order chi connectivity index (χ1) is 8.79. The van der Waals surface area contributed by atoms with E-state index in [4.69, 9.17) is 4.74 Å². The average Bonchev–Trinajstić information content (AvgIpc) is 2.93. The zero-order valence-electron chi connectivity index (χ0n) is 10.8. The number of nitrogens with zero attached hydrogens (tertiary/aromatic N) is 1. The van der Waals surface area contributed by atoms with Crippen molar-refractivity contribution in [3.8, 4) is 5.75 Å². The van der Waals surface area contributed by atoms with E-state index >= 15 is 0 Å². The smallest absolute Gasteiger partial charge is 0.118 e. The van der Waals surface area contributed by atoms with Crippen LogP contribution in [0.1, 0.15) is 24.2 Å². The van der Waals surface area contributed by atoms with Gasteiger partial charge in [-0.1, -0.05) is 12.1 Å². The molecule has 1 aromatic heterocycles. The molecular weight excluding hydrogens is 226 g/mol. The number of ether oxygens (including phenoxy) is 1. The first kappa shape index (κ1) is 12.6. The van der Waals surface area contributed by atoms with Crippen molar-refractivity contribution in [3.63, 3.8) is 0 Å². The van der Waals surface area contributed by atoms with Crippen LogP contribution in [0.3, 0.4) is 0 Å². The molecule has 0 aliphatic rings. The summed E-state index contributed by atoms with van der Waals surface area (Å²) < 4.78 is 5.13. The molecule has 0 aliphatic heterocycles. The predicted octanol–water partition coefficient (Wildman–Crippen LogP) is 2.31. The van der Waals surface area contributed by atoms with Crippen molar-refractivity contribution >= 4 is 0 Å². The monoisotopic (exact) mass is 245 g/mol. The van der Waals surface area contributed by atoms with Crippen molar-refractivity contribution in [1.82, 2.24) is 15.5 Å². The Morgan fingerprint density at radius 2 is 2.06 bits per heavy atom. The first-order valence-electron chi connectivity index (χ1n) is 6.15. The SMILES string of the molecule is COc1ccc(CCNC(C)c2ccn[nH]2)cc1. The van der Waals surface area contributed by atoms with Gasteiger partial charge in [0.1, 0.15) is 5.75 Å². The summed E-state index contributed by atoms with van der Waals surface area (Å²) in [4.78, 5) is 0. The van der Waals surface area contributed by atoms with Crippen LogP contribution >= 0.6 is 0 Å². The predicted molar refractivity (Wildman–Crippen MR) is 71.7 cm³/mol. The molecular formula is C14H19N3O. The molecule has 0 bridgehead atoms. The highest BCUT2D eigenvalue weighted by Crippen LogP contribution is 2.12. The Kier molecular flexibility index (Phi) is 4.36. The fraction of sp³-hybridized carbons (Fsp3) is 0.357. The van der Waals surface area contributed by atoms with Gasteiger partial charge in [0, 0.05) is 12.2 Å². The van der Waals surface area contributed by atoms with Gasteiger partial charge in [-0.2, -0.15) is 5.10 Å². The van der Waals surface area contributed by atoms with E-state index in [9.17, 15) is 0 Å². The molecule has 2 N–H and O–H groups in total. The van der Waals surface area contributed by atoms with Crippen molar-refractivity contribution in [1.29, 1.82) is 0 Å². The molecule has 2 aromatic rings. The van der Waals surface area contributed by atoms with Crippen molar-refractivity contribution in [2.24, 2.45) is 0 Å². The van der Waals surface area contributed by atoms with E-state index in [2.05, 4.69) is 34.6 Å². The number of methoxy groups -OCH3 is 1. The van der Waals surface area contributed by atoms with Gasteiger partial charge in [0.2, 0.25) is 0 Å². The quantitative estimate of drug-likeness (QED) is 0.821. The summed E-state index contributed by atoms with van der Waals surface area (Å²) in [5, 5.41) is 10.4. The van der Waals surface area contributed by atoms with E-state index in [1.54, 1.807) is 13.3 Å². The highest BCUT2D eigenvalue weighted by molar-refractivity contribution is 5.27. The Morgan fingerprint density at radius 3 is 2.67 bits per heavy atom. The second-order valence-corrected chi connectivity index (χ2v) is 4.29. The normalized spacial score (nSPS) is 12.3. The zero-order chi connectivity index (χ0) is 12.8. The minimum atomic E-state index is 0.297.